The number of carbonyl (C=O) groups is 1. The van der Waals surface area contributed by atoms with Crippen molar-refractivity contribution in [2.24, 2.45) is 0 Å². The summed E-state index contributed by atoms with van der Waals surface area (Å²) in [6.07, 6.45) is -2.64. The van der Waals surface area contributed by atoms with E-state index in [0.717, 1.165) is 12.1 Å². The second-order valence-corrected chi connectivity index (χ2v) is 6.64. The lowest BCUT2D eigenvalue weighted by Crippen LogP contribution is -2.27. The Labute approximate surface area is 172 Å². The minimum absolute atomic E-state index is 0.0855. The van der Waals surface area contributed by atoms with Gasteiger partial charge in [-0.05, 0) is 50.2 Å². The largest absolute Gasteiger partial charge is 0.465 e. The summed E-state index contributed by atoms with van der Waals surface area (Å²) in [5.74, 6) is 5.41. The van der Waals surface area contributed by atoms with Crippen molar-refractivity contribution in [3.05, 3.63) is 71.2 Å². The first-order valence-corrected chi connectivity index (χ1v) is 9.27. The number of halogens is 3. The number of carbonyl (C=O) groups excluding carboxylic acids is 1. The molecule has 0 fully saturated rings. The predicted octanol–water partition coefficient (Wildman–Crippen LogP) is 3.75. The quantitative estimate of drug-likeness (QED) is 0.471. The molecule has 8 heteroatoms. The van der Waals surface area contributed by atoms with Gasteiger partial charge < -0.3 is 4.74 Å². The third kappa shape index (κ3) is 5.19. The zero-order valence-electron chi connectivity index (χ0n) is 16.5. The molecule has 0 saturated heterocycles. The maximum Gasteiger partial charge on any atom is 0.416 e. The zero-order chi connectivity index (χ0) is 21.7. The summed E-state index contributed by atoms with van der Waals surface area (Å²) in [7, 11) is 1.75. The number of benzene rings is 1. The molecule has 0 N–H and O–H groups in total. The first-order valence-electron chi connectivity index (χ1n) is 9.27. The van der Waals surface area contributed by atoms with Crippen molar-refractivity contribution in [3.63, 3.8) is 0 Å². The van der Waals surface area contributed by atoms with Gasteiger partial charge in [0.2, 0.25) is 0 Å². The van der Waals surface area contributed by atoms with Crippen LogP contribution in [0.3, 0.4) is 0 Å². The summed E-state index contributed by atoms with van der Waals surface area (Å²) < 4.78 is 45.6. The summed E-state index contributed by atoms with van der Waals surface area (Å²) in [5.41, 5.74) is 1.33. The normalized spacial score (nSPS) is 11.4. The molecule has 156 valence electrons. The van der Waals surface area contributed by atoms with Crippen LogP contribution in [0.2, 0.25) is 0 Å². The minimum atomic E-state index is -4.43. The third-order valence-corrected chi connectivity index (χ3v) is 4.24. The summed E-state index contributed by atoms with van der Waals surface area (Å²) in [5, 5.41) is 0. The number of aromatic nitrogens is 2. The molecule has 30 heavy (non-hydrogen) atoms. The summed E-state index contributed by atoms with van der Waals surface area (Å²) in [6.45, 7) is 2.45. The van der Waals surface area contributed by atoms with Crippen molar-refractivity contribution in [1.82, 2.24) is 14.3 Å². The highest BCUT2D eigenvalue weighted by molar-refractivity contribution is 5.71. The van der Waals surface area contributed by atoms with Gasteiger partial charge in [-0.2, -0.15) is 13.2 Å². The van der Waals surface area contributed by atoms with E-state index in [1.807, 2.05) is 18.2 Å². The van der Waals surface area contributed by atoms with Crippen LogP contribution in [-0.2, 0) is 22.3 Å². The number of rotatable bonds is 5. The predicted molar refractivity (Wildman–Crippen MR) is 106 cm³/mol. The van der Waals surface area contributed by atoms with Crippen LogP contribution in [0.15, 0.2) is 48.7 Å². The van der Waals surface area contributed by atoms with Crippen LogP contribution >= 0.6 is 0 Å². The molecule has 2 heterocycles. The number of nitrogens with zero attached hydrogens (tertiary/aromatic N) is 3. The van der Waals surface area contributed by atoms with Gasteiger partial charge in [-0.1, -0.05) is 18.1 Å². The van der Waals surface area contributed by atoms with E-state index in [2.05, 4.69) is 16.8 Å². The van der Waals surface area contributed by atoms with Gasteiger partial charge in [0.05, 0.1) is 24.4 Å². The highest BCUT2D eigenvalue weighted by Crippen LogP contribution is 2.29. The maximum absolute atomic E-state index is 13.0. The average molecular weight is 415 g/mol. The average Bonchev–Trinajstić information content (AvgIpc) is 3.02. The molecular weight excluding hydrogens is 395 g/mol. The monoisotopic (exact) mass is 415 g/mol. The van der Waals surface area contributed by atoms with E-state index >= 15 is 0 Å². The number of imidazole rings is 1. The number of fused-ring (bicyclic) bond motifs is 1. The molecule has 5 nitrogen and oxygen atoms in total. The number of alkyl halides is 3. The molecule has 0 amide bonds. The molecule has 2 aromatic heterocycles. The molecule has 3 aromatic rings. The smallest absolute Gasteiger partial charge is 0.416 e. The van der Waals surface area contributed by atoms with E-state index in [9.17, 15) is 18.0 Å². The van der Waals surface area contributed by atoms with Gasteiger partial charge in [0.25, 0.3) is 0 Å². The number of likely N-dealkylation sites (N-methyl/N-ethyl adjacent to an activating group) is 1. The third-order valence-electron chi connectivity index (χ3n) is 4.24. The SMILES string of the molecule is CCOC(=O)CN(C)Cc1nc2ccccn2c1C#Cc1cccc(C(F)(F)F)c1. The van der Waals surface area contributed by atoms with Gasteiger partial charge in [0, 0.05) is 18.3 Å². The van der Waals surface area contributed by atoms with Crippen molar-refractivity contribution in [3.8, 4) is 11.8 Å². The number of hydrogen-bond donors (Lipinski definition) is 0. The fourth-order valence-corrected chi connectivity index (χ4v) is 2.93. The van der Waals surface area contributed by atoms with Crippen molar-refractivity contribution >= 4 is 11.6 Å². The molecule has 1 aromatic carbocycles. The molecule has 0 radical (unpaired) electrons. The Kier molecular flexibility index (Phi) is 6.43. The van der Waals surface area contributed by atoms with Gasteiger partial charge in [-0.15, -0.1) is 0 Å². The first-order chi connectivity index (χ1) is 14.3. The molecule has 0 aliphatic rings. The Morgan fingerprint density at radius 2 is 2.00 bits per heavy atom. The lowest BCUT2D eigenvalue weighted by atomic mass is 10.1. The van der Waals surface area contributed by atoms with Crippen molar-refractivity contribution < 1.29 is 22.7 Å². The molecule has 0 spiro atoms. The lowest BCUT2D eigenvalue weighted by molar-refractivity contribution is -0.144. The van der Waals surface area contributed by atoms with Gasteiger partial charge in [-0.3, -0.25) is 14.1 Å². The molecule has 0 unspecified atom stereocenters. The molecule has 0 aliphatic heterocycles. The highest BCUT2D eigenvalue weighted by atomic mass is 19.4. The summed E-state index contributed by atoms with van der Waals surface area (Å²) in [4.78, 5) is 18.0. The fourth-order valence-electron chi connectivity index (χ4n) is 2.93. The van der Waals surface area contributed by atoms with E-state index in [1.54, 1.807) is 29.5 Å². The molecular formula is C22H20F3N3O2. The van der Waals surface area contributed by atoms with E-state index in [1.165, 1.54) is 12.1 Å². The molecule has 0 aliphatic carbocycles. The van der Waals surface area contributed by atoms with Gasteiger partial charge in [-0.25, -0.2) is 4.98 Å². The molecule has 0 bridgehead atoms. The maximum atomic E-state index is 13.0. The molecule has 3 rings (SSSR count). The Morgan fingerprint density at radius 1 is 1.20 bits per heavy atom. The van der Waals surface area contributed by atoms with E-state index in [-0.39, 0.29) is 18.1 Å². The summed E-state index contributed by atoms with van der Waals surface area (Å²) >= 11 is 0. The molecule has 0 atom stereocenters. The number of hydrogen-bond acceptors (Lipinski definition) is 4. The van der Waals surface area contributed by atoms with Crippen molar-refractivity contribution in [1.29, 1.82) is 0 Å². The van der Waals surface area contributed by atoms with Crippen LogP contribution in [0, 0.1) is 11.8 Å². The Morgan fingerprint density at radius 3 is 2.73 bits per heavy atom. The number of ether oxygens (including phenoxy) is 1. The topological polar surface area (TPSA) is 46.8 Å². The van der Waals surface area contributed by atoms with Gasteiger partial charge >= 0.3 is 12.1 Å². The van der Waals surface area contributed by atoms with Crippen LogP contribution in [-0.4, -0.2) is 40.5 Å². The standard InChI is InChI=1S/C22H20F3N3O2/c1-3-30-21(29)15-27(2)14-18-19(28-12-5-4-9-20(28)26-18)11-10-16-7-6-8-17(13-16)22(23,24)25/h4-9,12-13H,3,14-15H2,1-2H3. The highest BCUT2D eigenvalue weighted by Gasteiger charge is 2.30. The van der Waals surface area contributed by atoms with E-state index in [0.29, 0.717) is 30.2 Å². The van der Waals surface area contributed by atoms with Crippen molar-refractivity contribution in [2.75, 3.05) is 20.2 Å². The van der Waals surface area contributed by atoms with Crippen LogP contribution in [0.25, 0.3) is 5.65 Å². The second-order valence-electron chi connectivity index (χ2n) is 6.64. The van der Waals surface area contributed by atoms with E-state index < -0.39 is 11.7 Å². The Balaban J connectivity index is 1.93. The van der Waals surface area contributed by atoms with Crippen LogP contribution in [0.5, 0.6) is 0 Å². The number of esters is 1. The van der Waals surface area contributed by atoms with Crippen LogP contribution < -0.4 is 0 Å². The van der Waals surface area contributed by atoms with Crippen LogP contribution in [0.4, 0.5) is 13.2 Å². The van der Waals surface area contributed by atoms with Gasteiger partial charge in [0.15, 0.2) is 0 Å². The summed E-state index contributed by atoms with van der Waals surface area (Å²) in [6, 6.07) is 10.3. The Hall–Kier alpha value is -3.31. The first kappa shape index (κ1) is 21.4. The number of pyridine rings is 1. The zero-order valence-corrected chi connectivity index (χ0v) is 16.5. The second kappa shape index (κ2) is 9.01. The Bertz CT molecular complexity index is 1110. The minimum Gasteiger partial charge on any atom is -0.465 e. The molecule has 0 saturated carbocycles. The van der Waals surface area contributed by atoms with E-state index in [4.69, 9.17) is 4.74 Å². The van der Waals surface area contributed by atoms with Gasteiger partial charge in [0.1, 0.15) is 11.3 Å². The lowest BCUT2D eigenvalue weighted by Gasteiger charge is -2.14. The van der Waals surface area contributed by atoms with Crippen LogP contribution in [0.1, 0.15) is 29.4 Å². The fraction of sp³-hybridized carbons (Fsp3) is 0.273. The van der Waals surface area contributed by atoms with Crippen molar-refractivity contribution in [2.45, 2.75) is 19.6 Å².